The highest BCUT2D eigenvalue weighted by Gasteiger charge is 2.44. The third kappa shape index (κ3) is 8.36. The minimum Gasteiger partial charge on any atom is -0.487 e. The average Bonchev–Trinajstić information content (AvgIpc) is 3.23. The van der Waals surface area contributed by atoms with Gasteiger partial charge in [0.25, 0.3) is 5.91 Å². The number of hydrogen-bond acceptors (Lipinski definition) is 6. The lowest BCUT2D eigenvalue weighted by Gasteiger charge is -2.24. The van der Waals surface area contributed by atoms with E-state index >= 15 is 0 Å². The summed E-state index contributed by atoms with van der Waals surface area (Å²) in [7, 11) is -9.40. The first-order valence-corrected chi connectivity index (χ1v) is 21.8. The van der Waals surface area contributed by atoms with Gasteiger partial charge in [0.05, 0.1) is 17.1 Å². The Morgan fingerprint density at radius 1 is 0.826 bits per heavy atom. The van der Waals surface area contributed by atoms with Gasteiger partial charge in [0.15, 0.2) is 0 Å². The fourth-order valence-corrected chi connectivity index (χ4v) is 8.98. The van der Waals surface area contributed by atoms with Crippen LogP contribution in [0, 0.1) is 0 Å². The Labute approximate surface area is 273 Å². The van der Waals surface area contributed by atoms with Gasteiger partial charge in [-0.3, -0.25) is 9.52 Å². The van der Waals surface area contributed by atoms with Crippen molar-refractivity contribution in [3.63, 3.8) is 0 Å². The maximum Gasteiger partial charge on any atom is 0.329 e. The first-order valence-electron chi connectivity index (χ1n) is 15.1. The van der Waals surface area contributed by atoms with E-state index < -0.39 is 34.2 Å². The van der Waals surface area contributed by atoms with E-state index in [-0.39, 0.29) is 31.1 Å². The molecule has 0 unspecified atom stereocenters. The van der Waals surface area contributed by atoms with Gasteiger partial charge in [-0.15, -0.1) is 0 Å². The summed E-state index contributed by atoms with van der Waals surface area (Å²) in [5.74, 6) is -0.313. The van der Waals surface area contributed by atoms with Crippen molar-refractivity contribution < 1.29 is 26.4 Å². The first-order chi connectivity index (χ1) is 21.8. The Bertz CT molecular complexity index is 1900. The van der Waals surface area contributed by atoms with E-state index in [1.165, 1.54) is 0 Å². The molecule has 46 heavy (non-hydrogen) atoms. The van der Waals surface area contributed by atoms with Crippen molar-refractivity contribution in [3.05, 3.63) is 125 Å². The lowest BCUT2D eigenvalue weighted by molar-refractivity contribution is -0.123. The summed E-state index contributed by atoms with van der Waals surface area (Å²) >= 11 is 0. The van der Waals surface area contributed by atoms with Crippen LogP contribution in [0.25, 0.3) is 0 Å². The van der Waals surface area contributed by atoms with E-state index in [0.717, 1.165) is 25.3 Å². The molecule has 1 fully saturated rings. The molecule has 9 nitrogen and oxygen atoms in total. The molecule has 0 atom stereocenters. The fraction of sp³-hybridized carbons (Fsp3) is 0.265. The van der Waals surface area contributed by atoms with Crippen LogP contribution in [0.3, 0.4) is 0 Å². The lowest BCUT2D eigenvalue weighted by Crippen LogP contribution is -2.37. The molecule has 12 heteroatoms. The average molecular weight is 678 g/mol. The van der Waals surface area contributed by atoms with E-state index in [1.807, 2.05) is 48.5 Å². The Balaban J connectivity index is 1.43. The van der Waals surface area contributed by atoms with Crippen molar-refractivity contribution in [2.45, 2.75) is 44.5 Å². The number of carbonyl (C=O) groups is 1. The number of anilines is 2. The largest absolute Gasteiger partial charge is 0.487 e. The van der Waals surface area contributed by atoms with Gasteiger partial charge in [-0.1, -0.05) is 105 Å². The molecular formula is C34H39N3O6S2Si. The Morgan fingerprint density at radius 2 is 1.46 bits per heavy atom. The molecule has 1 aliphatic heterocycles. The highest BCUT2D eigenvalue weighted by atomic mass is 32.2. The second-order valence-corrected chi connectivity index (χ2v) is 21.7. The van der Waals surface area contributed by atoms with Gasteiger partial charge in [0, 0.05) is 14.6 Å². The number of amides is 1. The van der Waals surface area contributed by atoms with Crippen LogP contribution < -0.4 is 13.8 Å². The van der Waals surface area contributed by atoms with Crippen LogP contribution in [0.2, 0.25) is 25.7 Å². The highest BCUT2D eigenvalue weighted by Crippen LogP contribution is 2.37. The van der Waals surface area contributed by atoms with E-state index in [4.69, 9.17) is 4.74 Å². The maximum atomic E-state index is 13.7. The third-order valence-corrected chi connectivity index (χ3v) is 12.4. The van der Waals surface area contributed by atoms with Crippen molar-refractivity contribution in [2.75, 3.05) is 22.1 Å². The van der Waals surface area contributed by atoms with Crippen LogP contribution in [0.15, 0.2) is 103 Å². The van der Waals surface area contributed by atoms with Crippen LogP contribution in [0.4, 0.5) is 11.4 Å². The van der Waals surface area contributed by atoms with Gasteiger partial charge in [-0.25, -0.2) is 17.0 Å². The van der Waals surface area contributed by atoms with Gasteiger partial charge >= 0.3 is 10.2 Å². The molecule has 1 aliphatic rings. The van der Waals surface area contributed by atoms with E-state index in [1.54, 1.807) is 54.6 Å². The number of ether oxygens (including phenoxy) is 1. The molecule has 0 spiro atoms. The van der Waals surface area contributed by atoms with Crippen molar-refractivity contribution in [1.82, 2.24) is 4.31 Å². The minimum atomic E-state index is -4.10. The van der Waals surface area contributed by atoms with Crippen LogP contribution in [0.5, 0.6) is 5.75 Å². The maximum absolute atomic E-state index is 13.7. The number of para-hydroxylation sites is 1. The van der Waals surface area contributed by atoms with Crippen molar-refractivity contribution in [1.29, 1.82) is 0 Å². The van der Waals surface area contributed by atoms with Crippen molar-refractivity contribution in [3.8, 4) is 5.75 Å². The van der Waals surface area contributed by atoms with Gasteiger partial charge in [-0.05, 0) is 52.9 Å². The molecule has 1 amide bonds. The number of benzene rings is 4. The zero-order valence-corrected chi connectivity index (χ0v) is 28.9. The normalized spacial score (nSPS) is 14.8. The summed E-state index contributed by atoms with van der Waals surface area (Å²) in [5, 5.41) is 0. The first kappa shape index (κ1) is 33.2. The second kappa shape index (κ2) is 13.7. The summed E-state index contributed by atoms with van der Waals surface area (Å²) < 4.78 is 64.4. The van der Waals surface area contributed by atoms with Crippen LogP contribution >= 0.6 is 0 Å². The molecule has 242 valence electrons. The zero-order valence-electron chi connectivity index (χ0n) is 26.2. The summed E-state index contributed by atoms with van der Waals surface area (Å²) in [6, 6.07) is 31.5. The summed E-state index contributed by atoms with van der Waals surface area (Å²) in [4.78, 5) is 13.0. The molecule has 0 bridgehead atoms. The number of sulfonamides is 1. The summed E-state index contributed by atoms with van der Waals surface area (Å²) in [6.07, 6.45) is 0.347. The zero-order chi connectivity index (χ0) is 33.0. The van der Waals surface area contributed by atoms with Crippen LogP contribution in [-0.4, -0.2) is 48.2 Å². The Kier molecular flexibility index (Phi) is 9.90. The van der Waals surface area contributed by atoms with Crippen LogP contribution in [0.1, 0.15) is 22.3 Å². The quantitative estimate of drug-likeness (QED) is 0.173. The fourth-order valence-electron chi connectivity index (χ4n) is 5.13. The molecule has 0 aliphatic carbocycles. The van der Waals surface area contributed by atoms with Gasteiger partial charge in [0.2, 0.25) is 10.0 Å². The van der Waals surface area contributed by atoms with Gasteiger partial charge < -0.3 is 4.74 Å². The number of carbonyl (C=O) groups excluding carboxylic acids is 1. The third-order valence-electron chi connectivity index (χ3n) is 7.59. The molecule has 4 aromatic rings. The molecule has 0 saturated carbocycles. The van der Waals surface area contributed by atoms with E-state index in [9.17, 15) is 21.6 Å². The number of hydrogen-bond donors (Lipinski definition) is 1. The number of nitrogens with zero attached hydrogens (tertiary/aromatic N) is 2. The van der Waals surface area contributed by atoms with E-state index in [2.05, 4.69) is 24.4 Å². The monoisotopic (exact) mass is 677 g/mol. The molecular weight excluding hydrogens is 639 g/mol. The Hall–Kier alpha value is -4.13. The second-order valence-electron chi connectivity index (χ2n) is 12.5. The molecule has 1 N–H and O–H groups in total. The number of nitrogens with one attached hydrogen (secondary N) is 1. The standard InChI is InChI=1S/C34H39N3O6S2Si/c1-46(2,3)21-20-36-34(38)24-37(45(36,41)42)32-19-18-29(23-33(32)43-25-27-12-6-4-7-13-27)22-30-16-10-11-17-31(30)35-44(39,40)26-28-14-8-5-9-15-28/h4-19,23,35H,20-22,24-26H2,1-3H3. The summed E-state index contributed by atoms with van der Waals surface area (Å²) in [6.45, 7) is 6.45. The smallest absolute Gasteiger partial charge is 0.329 e. The number of rotatable bonds is 13. The molecule has 5 rings (SSSR count). The SMILES string of the molecule is C[Si](C)(C)CCN1C(=O)CN(c2ccc(Cc3ccccc3NS(=O)(=O)Cc3ccccc3)cc2OCc2ccccc2)S1(=O)=O. The molecule has 1 heterocycles. The van der Waals surface area contributed by atoms with Gasteiger partial charge in [0.1, 0.15) is 18.9 Å². The molecule has 1 saturated heterocycles. The summed E-state index contributed by atoms with van der Waals surface area (Å²) in [5.41, 5.74) is 3.83. The Morgan fingerprint density at radius 3 is 2.13 bits per heavy atom. The minimum absolute atomic E-state index is 0.155. The molecule has 4 aromatic carbocycles. The highest BCUT2D eigenvalue weighted by molar-refractivity contribution is 7.92. The van der Waals surface area contributed by atoms with Crippen LogP contribution in [-0.2, 0) is 43.8 Å². The van der Waals surface area contributed by atoms with E-state index in [0.29, 0.717) is 29.5 Å². The van der Waals surface area contributed by atoms with Gasteiger partial charge in [-0.2, -0.15) is 8.42 Å². The lowest BCUT2D eigenvalue weighted by atomic mass is 10.0. The molecule has 0 aromatic heterocycles. The topological polar surface area (TPSA) is 113 Å². The van der Waals surface area contributed by atoms with Crippen molar-refractivity contribution >= 4 is 45.6 Å². The molecule has 0 radical (unpaired) electrons. The predicted octanol–water partition coefficient (Wildman–Crippen LogP) is 6.03. The van der Waals surface area contributed by atoms with Crippen molar-refractivity contribution in [2.24, 2.45) is 0 Å². The predicted molar refractivity (Wildman–Crippen MR) is 185 cm³/mol.